The zero-order valence-corrected chi connectivity index (χ0v) is 11.7. The molecule has 1 aromatic heterocycles. The molecule has 1 atom stereocenters. The van der Waals surface area contributed by atoms with Gasteiger partial charge in [-0.1, -0.05) is 13.8 Å². The smallest absolute Gasteiger partial charge is 0.0946 e. The van der Waals surface area contributed by atoms with Crippen LogP contribution in [0.15, 0.2) is 0 Å². The van der Waals surface area contributed by atoms with Crippen LogP contribution in [0.1, 0.15) is 48.7 Å². The van der Waals surface area contributed by atoms with Gasteiger partial charge in [-0.25, -0.2) is 4.98 Å². The normalized spacial score (nSPS) is 27.1. The molecule has 1 N–H and O–H groups in total. The number of nitrogens with zero attached hydrogens (tertiary/aromatic N) is 1. The molecule has 0 aromatic carbocycles. The topological polar surface area (TPSA) is 24.9 Å². The van der Waals surface area contributed by atoms with Crippen molar-refractivity contribution in [1.29, 1.82) is 0 Å². The van der Waals surface area contributed by atoms with Crippen LogP contribution in [0, 0.1) is 5.41 Å². The quantitative estimate of drug-likeness (QED) is 0.873. The second kappa shape index (κ2) is 4.36. The van der Waals surface area contributed by atoms with E-state index in [1.54, 1.807) is 4.88 Å². The Hall–Kier alpha value is -0.410. The van der Waals surface area contributed by atoms with Gasteiger partial charge in [-0.15, -0.1) is 11.3 Å². The highest BCUT2D eigenvalue weighted by molar-refractivity contribution is 7.11. The van der Waals surface area contributed by atoms with Crippen LogP contribution < -0.4 is 5.32 Å². The number of nitrogens with one attached hydrogen (secondary N) is 1. The Balaban J connectivity index is 1.73. The van der Waals surface area contributed by atoms with Crippen LogP contribution in [0.5, 0.6) is 0 Å². The molecule has 0 bridgehead atoms. The predicted octanol–water partition coefficient (Wildman–Crippen LogP) is 2.95. The Morgan fingerprint density at radius 2 is 2.35 bits per heavy atom. The summed E-state index contributed by atoms with van der Waals surface area (Å²) < 4.78 is 0. The van der Waals surface area contributed by atoms with Crippen molar-refractivity contribution in [2.75, 3.05) is 6.54 Å². The summed E-state index contributed by atoms with van der Waals surface area (Å²) >= 11 is 1.97. The molecule has 0 radical (unpaired) electrons. The third-order valence-electron chi connectivity index (χ3n) is 4.08. The lowest BCUT2D eigenvalue weighted by Crippen LogP contribution is -2.23. The Bertz CT molecular complexity index is 402. The highest BCUT2D eigenvalue weighted by Gasteiger charge is 2.28. The summed E-state index contributed by atoms with van der Waals surface area (Å²) in [7, 11) is 0. The van der Waals surface area contributed by atoms with Gasteiger partial charge in [-0.2, -0.15) is 0 Å². The maximum Gasteiger partial charge on any atom is 0.0946 e. The van der Waals surface area contributed by atoms with Crippen molar-refractivity contribution in [2.45, 2.75) is 58.4 Å². The van der Waals surface area contributed by atoms with Gasteiger partial charge in [-0.3, -0.25) is 0 Å². The monoisotopic (exact) mass is 250 g/mol. The standard InChI is InChI=1S/C14H22N2S/c1-14(2)6-5-11-12(9-14)17-13(16-11)8-10-4-3-7-15-10/h10,15H,3-9H2,1-2H3. The van der Waals surface area contributed by atoms with Gasteiger partial charge >= 0.3 is 0 Å². The minimum Gasteiger partial charge on any atom is -0.314 e. The number of aromatic nitrogens is 1. The summed E-state index contributed by atoms with van der Waals surface area (Å²) in [5, 5.41) is 4.94. The van der Waals surface area contributed by atoms with Crippen molar-refractivity contribution in [1.82, 2.24) is 10.3 Å². The highest BCUT2D eigenvalue weighted by Crippen LogP contribution is 2.37. The first kappa shape index (κ1) is 11.7. The van der Waals surface area contributed by atoms with E-state index in [-0.39, 0.29) is 0 Å². The Morgan fingerprint density at radius 3 is 3.12 bits per heavy atom. The third-order valence-corrected chi connectivity index (χ3v) is 5.20. The van der Waals surface area contributed by atoms with Gasteiger partial charge in [0.2, 0.25) is 0 Å². The largest absolute Gasteiger partial charge is 0.314 e. The predicted molar refractivity (Wildman–Crippen MR) is 72.6 cm³/mol. The molecule has 2 aliphatic rings. The molecular formula is C14H22N2S. The number of hydrogen-bond donors (Lipinski definition) is 1. The zero-order valence-electron chi connectivity index (χ0n) is 10.9. The molecule has 0 amide bonds. The molecule has 1 aliphatic heterocycles. The molecule has 0 spiro atoms. The van der Waals surface area contributed by atoms with Gasteiger partial charge in [0.15, 0.2) is 0 Å². The van der Waals surface area contributed by atoms with E-state index in [0.717, 1.165) is 6.42 Å². The number of aryl methyl sites for hydroxylation is 1. The van der Waals surface area contributed by atoms with E-state index in [1.165, 1.54) is 49.4 Å². The van der Waals surface area contributed by atoms with Crippen molar-refractivity contribution in [3.63, 3.8) is 0 Å². The first-order chi connectivity index (χ1) is 8.12. The Morgan fingerprint density at radius 1 is 1.47 bits per heavy atom. The van der Waals surface area contributed by atoms with Crippen LogP contribution in [0.25, 0.3) is 0 Å². The lowest BCUT2D eigenvalue weighted by atomic mass is 9.79. The van der Waals surface area contributed by atoms with Crippen molar-refractivity contribution < 1.29 is 0 Å². The molecule has 0 saturated carbocycles. The van der Waals surface area contributed by atoms with E-state index in [4.69, 9.17) is 4.98 Å². The van der Waals surface area contributed by atoms with E-state index in [9.17, 15) is 0 Å². The molecule has 3 rings (SSSR count). The number of fused-ring (bicyclic) bond motifs is 1. The first-order valence-corrected chi connectivity index (χ1v) is 7.65. The summed E-state index contributed by atoms with van der Waals surface area (Å²) in [5.41, 5.74) is 1.89. The molecule has 1 aromatic rings. The second-order valence-corrected chi connectivity index (χ2v) is 7.48. The lowest BCUT2D eigenvalue weighted by Gasteiger charge is -2.28. The molecular weight excluding hydrogens is 228 g/mol. The minimum absolute atomic E-state index is 0.489. The highest BCUT2D eigenvalue weighted by atomic mass is 32.1. The number of thiazole rings is 1. The maximum atomic E-state index is 4.86. The SMILES string of the molecule is CC1(C)CCc2nc(CC3CCCN3)sc2C1. The van der Waals surface area contributed by atoms with Crippen LogP contribution >= 0.6 is 11.3 Å². The van der Waals surface area contributed by atoms with Crippen LogP contribution in [0.4, 0.5) is 0 Å². The lowest BCUT2D eigenvalue weighted by molar-refractivity contribution is 0.316. The van der Waals surface area contributed by atoms with Crippen molar-refractivity contribution in [3.8, 4) is 0 Å². The molecule has 2 nitrogen and oxygen atoms in total. The van der Waals surface area contributed by atoms with E-state index in [0.29, 0.717) is 11.5 Å². The van der Waals surface area contributed by atoms with Gasteiger partial charge in [0.05, 0.1) is 10.7 Å². The van der Waals surface area contributed by atoms with Crippen LogP contribution in [-0.4, -0.2) is 17.6 Å². The van der Waals surface area contributed by atoms with Crippen molar-refractivity contribution in [3.05, 3.63) is 15.6 Å². The number of hydrogen-bond acceptors (Lipinski definition) is 3. The fourth-order valence-corrected chi connectivity index (χ4v) is 4.43. The van der Waals surface area contributed by atoms with E-state index < -0.39 is 0 Å². The number of rotatable bonds is 2. The van der Waals surface area contributed by atoms with Crippen LogP contribution in [0.2, 0.25) is 0 Å². The van der Waals surface area contributed by atoms with Gasteiger partial charge < -0.3 is 5.32 Å². The van der Waals surface area contributed by atoms with Gasteiger partial charge in [-0.05, 0) is 44.1 Å². The fourth-order valence-electron chi connectivity index (χ4n) is 2.98. The summed E-state index contributed by atoms with van der Waals surface area (Å²) in [6.07, 6.45) is 7.54. The molecule has 17 heavy (non-hydrogen) atoms. The molecule has 1 saturated heterocycles. The van der Waals surface area contributed by atoms with E-state index >= 15 is 0 Å². The van der Waals surface area contributed by atoms with E-state index in [1.807, 2.05) is 11.3 Å². The van der Waals surface area contributed by atoms with Gasteiger partial charge in [0.1, 0.15) is 0 Å². The average molecular weight is 250 g/mol. The summed E-state index contributed by atoms with van der Waals surface area (Å²) in [5.74, 6) is 0. The minimum atomic E-state index is 0.489. The molecule has 1 fully saturated rings. The fraction of sp³-hybridized carbons (Fsp3) is 0.786. The van der Waals surface area contributed by atoms with Crippen LogP contribution in [-0.2, 0) is 19.3 Å². The summed E-state index contributed by atoms with van der Waals surface area (Å²) in [6.45, 7) is 5.96. The summed E-state index contributed by atoms with van der Waals surface area (Å²) in [4.78, 5) is 6.42. The van der Waals surface area contributed by atoms with Crippen molar-refractivity contribution >= 4 is 11.3 Å². The van der Waals surface area contributed by atoms with Gasteiger partial charge in [0, 0.05) is 17.3 Å². The molecule has 94 valence electrons. The Labute approximate surface area is 108 Å². The molecule has 3 heteroatoms. The second-order valence-electron chi connectivity index (χ2n) is 6.32. The molecule has 1 aliphatic carbocycles. The third kappa shape index (κ3) is 2.55. The van der Waals surface area contributed by atoms with E-state index in [2.05, 4.69) is 19.2 Å². The van der Waals surface area contributed by atoms with Crippen molar-refractivity contribution in [2.24, 2.45) is 5.41 Å². The van der Waals surface area contributed by atoms with Gasteiger partial charge in [0.25, 0.3) is 0 Å². The summed E-state index contributed by atoms with van der Waals surface area (Å²) in [6, 6.07) is 0.690. The zero-order chi connectivity index (χ0) is 11.9. The molecule has 2 heterocycles. The first-order valence-electron chi connectivity index (χ1n) is 6.83. The maximum absolute atomic E-state index is 4.86. The van der Waals surface area contributed by atoms with Crippen LogP contribution in [0.3, 0.4) is 0 Å². The Kier molecular flexibility index (Phi) is 2.99. The average Bonchev–Trinajstić information content (AvgIpc) is 2.85. The molecule has 1 unspecified atom stereocenters.